The van der Waals surface area contributed by atoms with Gasteiger partial charge in [0.05, 0.1) is 13.2 Å². The number of benzene rings is 1. The maximum absolute atomic E-state index is 12.5. The van der Waals surface area contributed by atoms with E-state index in [1.165, 1.54) is 5.56 Å². The van der Waals surface area contributed by atoms with Gasteiger partial charge in [0.1, 0.15) is 0 Å². The lowest BCUT2D eigenvalue weighted by molar-refractivity contribution is 0.0342. The molecule has 1 aromatic carbocycles. The van der Waals surface area contributed by atoms with E-state index in [0.717, 1.165) is 70.3 Å². The molecule has 2 fully saturated rings. The topological polar surface area (TPSA) is 32.8 Å². The van der Waals surface area contributed by atoms with Gasteiger partial charge < -0.3 is 9.64 Å². The summed E-state index contributed by atoms with van der Waals surface area (Å²) in [7, 11) is 0. The van der Waals surface area contributed by atoms with Crippen molar-refractivity contribution in [3.8, 4) is 0 Å². The third kappa shape index (κ3) is 3.87. The molecule has 3 rings (SSSR count). The standard InChI is InChI=1S/C18H26N2O2/c1-15-6-8-20(9-7-15)18(21)17-4-2-16(3-5-17)14-19-10-12-22-13-11-19/h2-5,15H,6-14H2,1H3. The minimum Gasteiger partial charge on any atom is -0.379 e. The molecule has 2 saturated heterocycles. The minimum atomic E-state index is 0.185. The Morgan fingerprint density at radius 1 is 1.09 bits per heavy atom. The summed E-state index contributed by atoms with van der Waals surface area (Å²) in [5, 5.41) is 0. The lowest BCUT2D eigenvalue weighted by Gasteiger charge is -2.30. The van der Waals surface area contributed by atoms with Gasteiger partial charge >= 0.3 is 0 Å². The van der Waals surface area contributed by atoms with Crippen LogP contribution in [0.5, 0.6) is 0 Å². The molecule has 0 atom stereocenters. The molecule has 120 valence electrons. The number of hydrogen-bond donors (Lipinski definition) is 0. The van der Waals surface area contributed by atoms with Gasteiger partial charge in [-0.2, -0.15) is 0 Å². The van der Waals surface area contributed by atoms with E-state index < -0.39 is 0 Å². The van der Waals surface area contributed by atoms with E-state index in [0.29, 0.717) is 0 Å². The van der Waals surface area contributed by atoms with E-state index in [2.05, 4.69) is 24.0 Å². The molecule has 0 unspecified atom stereocenters. The number of nitrogens with zero attached hydrogens (tertiary/aromatic N) is 2. The van der Waals surface area contributed by atoms with Crippen molar-refractivity contribution in [1.82, 2.24) is 9.80 Å². The first-order valence-electron chi connectivity index (χ1n) is 8.40. The van der Waals surface area contributed by atoms with Crippen LogP contribution in [0, 0.1) is 5.92 Å². The van der Waals surface area contributed by atoms with Gasteiger partial charge in [-0.25, -0.2) is 0 Å². The predicted octanol–water partition coefficient (Wildman–Crippen LogP) is 2.39. The van der Waals surface area contributed by atoms with Crippen LogP contribution < -0.4 is 0 Å². The molecule has 0 bridgehead atoms. The number of carbonyl (C=O) groups is 1. The Hall–Kier alpha value is -1.39. The fraction of sp³-hybridized carbons (Fsp3) is 0.611. The molecular weight excluding hydrogens is 276 g/mol. The second-order valence-corrected chi connectivity index (χ2v) is 6.56. The molecule has 0 aliphatic carbocycles. The van der Waals surface area contributed by atoms with E-state index in [4.69, 9.17) is 4.74 Å². The van der Waals surface area contributed by atoms with Crippen LogP contribution in [0.3, 0.4) is 0 Å². The van der Waals surface area contributed by atoms with Crippen molar-refractivity contribution in [1.29, 1.82) is 0 Å². The van der Waals surface area contributed by atoms with E-state index in [1.54, 1.807) is 0 Å². The summed E-state index contributed by atoms with van der Waals surface area (Å²) in [4.78, 5) is 16.9. The van der Waals surface area contributed by atoms with Crippen LogP contribution in [0.25, 0.3) is 0 Å². The first-order chi connectivity index (χ1) is 10.7. The first kappa shape index (κ1) is 15.5. The Kier molecular flexibility index (Phi) is 5.11. The molecule has 0 saturated carbocycles. The highest BCUT2D eigenvalue weighted by atomic mass is 16.5. The second kappa shape index (κ2) is 7.25. The van der Waals surface area contributed by atoms with E-state index >= 15 is 0 Å². The average Bonchev–Trinajstić information content (AvgIpc) is 2.57. The number of morpholine rings is 1. The molecule has 0 N–H and O–H groups in total. The van der Waals surface area contributed by atoms with E-state index in [-0.39, 0.29) is 5.91 Å². The third-order valence-electron chi connectivity index (χ3n) is 4.78. The lowest BCUT2D eigenvalue weighted by Crippen LogP contribution is -2.38. The monoisotopic (exact) mass is 302 g/mol. The summed E-state index contributed by atoms with van der Waals surface area (Å²) < 4.78 is 5.37. The van der Waals surface area contributed by atoms with Gasteiger partial charge in [-0.1, -0.05) is 19.1 Å². The Bertz CT molecular complexity index is 486. The van der Waals surface area contributed by atoms with E-state index in [1.807, 2.05) is 17.0 Å². The molecule has 4 heteroatoms. The smallest absolute Gasteiger partial charge is 0.253 e. The van der Waals surface area contributed by atoms with Gasteiger partial charge in [0.2, 0.25) is 0 Å². The third-order valence-corrected chi connectivity index (χ3v) is 4.78. The zero-order valence-electron chi connectivity index (χ0n) is 13.5. The number of hydrogen-bond acceptors (Lipinski definition) is 3. The summed E-state index contributed by atoms with van der Waals surface area (Å²) >= 11 is 0. The van der Waals surface area contributed by atoms with Crippen LogP contribution >= 0.6 is 0 Å². The van der Waals surface area contributed by atoms with Crippen molar-refractivity contribution in [3.05, 3.63) is 35.4 Å². The zero-order valence-corrected chi connectivity index (χ0v) is 13.5. The van der Waals surface area contributed by atoms with Crippen molar-refractivity contribution in [2.24, 2.45) is 5.92 Å². The Labute approximate surface area is 133 Å². The lowest BCUT2D eigenvalue weighted by atomic mass is 9.98. The normalized spacial score (nSPS) is 21.0. The van der Waals surface area contributed by atoms with Gasteiger partial charge in [0.25, 0.3) is 5.91 Å². The van der Waals surface area contributed by atoms with Crippen LogP contribution in [-0.2, 0) is 11.3 Å². The largest absolute Gasteiger partial charge is 0.379 e. The summed E-state index contributed by atoms with van der Waals surface area (Å²) in [5.74, 6) is 0.935. The highest BCUT2D eigenvalue weighted by Gasteiger charge is 2.21. The molecule has 2 aliphatic heterocycles. The van der Waals surface area contributed by atoms with Crippen LogP contribution in [0.2, 0.25) is 0 Å². The van der Waals surface area contributed by atoms with E-state index in [9.17, 15) is 4.79 Å². The van der Waals surface area contributed by atoms with Gasteiger partial charge in [-0.3, -0.25) is 9.69 Å². The fourth-order valence-electron chi connectivity index (χ4n) is 3.16. The van der Waals surface area contributed by atoms with Gasteiger partial charge in [0.15, 0.2) is 0 Å². The van der Waals surface area contributed by atoms with Gasteiger partial charge in [-0.15, -0.1) is 0 Å². The highest BCUT2D eigenvalue weighted by Crippen LogP contribution is 2.18. The number of carbonyl (C=O) groups excluding carboxylic acids is 1. The van der Waals surface area contributed by atoms with Crippen LogP contribution in [-0.4, -0.2) is 55.1 Å². The number of amides is 1. The molecule has 1 amide bonds. The molecule has 4 nitrogen and oxygen atoms in total. The molecule has 0 spiro atoms. The van der Waals surface area contributed by atoms with Crippen LogP contribution in [0.4, 0.5) is 0 Å². The molecule has 0 aromatic heterocycles. The van der Waals surface area contributed by atoms with Crippen molar-refractivity contribution >= 4 is 5.91 Å². The Balaban J connectivity index is 1.57. The van der Waals surface area contributed by atoms with Crippen molar-refractivity contribution < 1.29 is 9.53 Å². The Morgan fingerprint density at radius 3 is 2.36 bits per heavy atom. The maximum Gasteiger partial charge on any atom is 0.253 e. The van der Waals surface area contributed by atoms with Gasteiger partial charge in [0, 0.05) is 38.3 Å². The predicted molar refractivity (Wildman–Crippen MR) is 86.8 cm³/mol. The van der Waals surface area contributed by atoms with Crippen LogP contribution in [0.15, 0.2) is 24.3 Å². The first-order valence-corrected chi connectivity index (χ1v) is 8.40. The molecule has 0 radical (unpaired) electrons. The quantitative estimate of drug-likeness (QED) is 0.859. The summed E-state index contributed by atoms with van der Waals surface area (Å²) in [6, 6.07) is 8.15. The zero-order chi connectivity index (χ0) is 15.4. The maximum atomic E-state index is 12.5. The molecular formula is C18H26N2O2. The molecule has 2 heterocycles. The minimum absolute atomic E-state index is 0.185. The average molecular weight is 302 g/mol. The molecule has 22 heavy (non-hydrogen) atoms. The van der Waals surface area contributed by atoms with Crippen molar-refractivity contribution in [2.45, 2.75) is 26.3 Å². The summed E-state index contributed by atoms with van der Waals surface area (Å²) in [5.41, 5.74) is 2.09. The number of ether oxygens (including phenoxy) is 1. The number of rotatable bonds is 3. The molecule has 1 aromatic rings. The fourth-order valence-corrected chi connectivity index (χ4v) is 3.16. The second-order valence-electron chi connectivity index (χ2n) is 6.56. The van der Waals surface area contributed by atoms with Crippen molar-refractivity contribution in [2.75, 3.05) is 39.4 Å². The molecule has 2 aliphatic rings. The van der Waals surface area contributed by atoms with Gasteiger partial charge in [-0.05, 0) is 36.5 Å². The summed E-state index contributed by atoms with van der Waals surface area (Å²) in [6.45, 7) is 8.64. The number of likely N-dealkylation sites (tertiary alicyclic amines) is 1. The number of piperidine rings is 1. The Morgan fingerprint density at radius 2 is 1.73 bits per heavy atom. The highest BCUT2D eigenvalue weighted by molar-refractivity contribution is 5.94. The van der Waals surface area contributed by atoms with Crippen molar-refractivity contribution in [3.63, 3.8) is 0 Å². The summed E-state index contributed by atoms with van der Waals surface area (Å²) in [6.07, 6.45) is 2.25. The SMILES string of the molecule is CC1CCN(C(=O)c2ccc(CN3CCOCC3)cc2)CC1. The van der Waals surface area contributed by atoms with Crippen LogP contribution in [0.1, 0.15) is 35.7 Å².